The molecule has 1 heterocycles. The lowest BCUT2D eigenvalue weighted by Crippen LogP contribution is -2.43. The van der Waals surface area contributed by atoms with Gasteiger partial charge in [-0.25, -0.2) is 0 Å². The molecule has 1 aromatic rings. The average Bonchev–Trinajstić information content (AvgIpc) is 3.06. The second kappa shape index (κ2) is 10.7. The first-order valence-corrected chi connectivity index (χ1v) is 9.45. The normalized spacial score (nSPS) is 18.0. The Morgan fingerprint density at radius 2 is 2.25 bits per heavy atom. The van der Waals surface area contributed by atoms with Crippen molar-refractivity contribution in [2.24, 2.45) is 11.7 Å². The standard InChI is InChI=1S/C17H27N3O2S.ClH/c1-22-16-6-4-3-5-15(16)20-9-7-13(12-20)11-19-17(21)14(18)8-10-23-2;/h3-6,13-14H,7-12,18H2,1-2H3,(H,19,21);1H/t13?,14-;/m0./s1. The highest BCUT2D eigenvalue weighted by Gasteiger charge is 2.25. The lowest BCUT2D eigenvalue weighted by atomic mass is 10.1. The lowest BCUT2D eigenvalue weighted by molar-refractivity contribution is -0.122. The lowest BCUT2D eigenvalue weighted by Gasteiger charge is -2.21. The minimum Gasteiger partial charge on any atom is -0.495 e. The van der Waals surface area contributed by atoms with Crippen molar-refractivity contribution in [1.82, 2.24) is 5.32 Å². The van der Waals surface area contributed by atoms with Gasteiger partial charge in [-0.1, -0.05) is 12.1 Å². The fraction of sp³-hybridized carbons (Fsp3) is 0.588. The summed E-state index contributed by atoms with van der Waals surface area (Å²) in [5, 5.41) is 3.00. The Kier molecular flexibility index (Phi) is 9.33. The molecule has 0 bridgehead atoms. The Balaban J connectivity index is 0.00000288. The number of thioether (sulfide) groups is 1. The molecule has 0 saturated carbocycles. The summed E-state index contributed by atoms with van der Waals surface area (Å²) in [6, 6.07) is 7.67. The maximum Gasteiger partial charge on any atom is 0.236 e. The summed E-state index contributed by atoms with van der Waals surface area (Å²) < 4.78 is 5.43. The van der Waals surface area contributed by atoms with Crippen LogP contribution in [0.4, 0.5) is 5.69 Å². The van der Waals surface area contributed by atoms with Crippen molar-refractivity contribution in [3.05, 3.63) is 24.3 Å². The monoisotopic (exact) mass is 373 g/mol. The molecule has 1 amide bonds. The second-order valence-electron chi connectivity index (χ2n) is 5.91. The third kappa shape index (κ3) is 5.76. The number of ether oxygens (including phenoxy) is 1. The van der Waals surface area contributed by atoms with Gasteiger partial charge in [-0.15, -0.1) is 12.4 Å². The van der Waals surface area contributed by atoms with E-state index in [0.717, 1.165) is 43.1 Å². The van der Waals surface area contributed by atoms with E-state index < -0.39 is 6.04 Å². The van der Waals surface area contributed by atoms with Gasteiger partial charge < -0.3 is 20.7 Å². The number of methoxy groups -OCH3 is 1. The number of anilines is 1. The molecule has 136 valence electrons. The van der Waals surface area contributed by atoms with E-state index >= 15 is 0 Å². The molecule has 1 fully saturated rings. The quantitative estimate of drug-likeness (QED) is 0.730. The highest BCUT2D eigenvalue weighted by molar-refractivity contribution is 7.98. The summed E-state index contributed by atoms with van der Waals surface area (Å²) in [7, 11) is 1.70. The number of benzene rings is 1. The van der Waals surface area contributed by atoms with Gasteiger partial charge in [0, 0.05) is 19.6 Å². The van der Waals surface area contributed by atoms with E-state index in [9.17, 15) is 4.79 Å². The van der Waals surface area contributed by atoms with Crippen LogP contribution in [0.15, 0.2) is 24.3 Å². The molecule has 1 unspecified atom stereocenters. The molecule has 1 saturated heterocycles. The minimum absolute atomic E-state index is 0. The van der Waals surface area contributed by atoms with Crippen molar-refractivity contribution in [3.63, 3.8) is 0 Å². The molecule has 1 aliphatic heterocycles. The van der Waals surface area contributed by atoms with Gasteiger partial charge in [-0.3, -0.25) is 4.79 Å². The third-order valence-corrected chi connectivity index (χ3v) is 4.89. The fourth-order valence-corrected chi connectivity index (χ4v) is 3.35. The Hall–Kier alpha value is -1.11. The molecule has 1 aliphatic rings. The number of rotatable bonds is 8. The molecule has 0 spiro atoms. The molecule has 0 radical (unpaired) electrons. The van der Waals surface area contributed by atoms with Crippen LogP contribution in [-0.2, 0) is 4.79 Å². The molecule has 2 rings (SSSR count). The van der Waals surface area contributed by atoms with Crippen LogP contribution in [-0.4, -0.2) is 50.7 Å². The number of hydrogen-bond donors (Lipinski definition) is 2. The largest absolute Gasteiger partial charge is 0.495 e. The molecule has 2 atom stereocenters. The van der Waals surface area contributed by atoms with Crippen molar-refractivity contribution in [3.8, 4) is 5.75 Å². The van der Waals surface area contributed by atoms with Crippen LogP contribution in [0.2, 0.25) is 0 Å². The van der Waals surface area contributed by atoms with Crippen LogP contribution in [0, 0.1) is 5.92 Å². The van der Waals surface area contributed by atoms with Gasteiger partial charge in [0.05, 0.1) is 18.8 Å². The second-order valence-corrected chi connectivity index (χ2v) is 6.89. The number of hydrogen-bond acceptors (Lipinski definition) is 5. The minimum atomic E-state index is -0.394. The van der Waals surface area contributed by atoms with Crippen LogP contribution >= 0.6 is 24.2 Å². The Labute approximate surface area is 155 Å². The highest BCUT2D eigenvalue weighted by Crippen LogP contribution is 2.31. The van der Waals surface area contributed by atoms with Gasteiger partial charge in [0.1, 0.15) is 5.75 Å². The number of nitrogens with zero attached hydrogens (tertiary/aromatic N) is 1. The van der Waals surface area contributed by atoms with E-state index in [1.165, 1.54) is 0 Å². The molecule has 24 heavy (non-hydrogen) atoms. The third-order valence-electron chi connectivity index (χ3n) is 4.25. The van der Waals surface area contributed by atoms with Crippen LogP contribution in [0.1, 0.15) is 12.8 Å². The van der Waals surface area contributed by atoms with E-state index in [1.54, 1.807) is 18.9 Å². The number of carbonyl (C=O) groups is 1. The molecule has 5 nitrogen and oxygen atoms in total. The summed E-state index contributed by atoms with van der Waals surface area (Å²) in [4.78, 5) is 14.3. The van der Waals surface area contributed by atoms with Crippen molar-refractivity contribution in [1.29, 1.82) is 0 Å². The smallest absolute Gasteiger partial charge is 0.236 e. The number of amides is 1. The molecule has 1 aromatic carbocycles. The maximum atomic E-state index is 12.0. The van der Waals surface area contributed by atoms with Gasteiger partial charge >= 0.3 is 0 Å². The van der Waals surface area contributed by atoms with Gasteiger partial charge in [-0.2, -0.15) is 11.8 Å². The summed E-state index contributed by atoms with van der Waals surface area (Å²) >= 11 is 1.71. The predicted octanol–water partition coefficient (Wildman–Crippen LogP) is 2.14. The van der Waals surface area contributed by atoms with Crippen LogP contribution in [0.5, 0.6) is 5.75 Å². The number of para-hydroxylation sites is 2. The maximum absolute atomic E-state index is 12.0. The molecule has 3 N–H and O–H groups in total. The zero-order chi connectivity index (χ0) is 16.7. The first-order chi connectivity index (χ1) is 11.2. The SMILES string of the molecule is COc1ccccc1N1CCC(CNC(=O)[C@@H](N)CCSC)C1.Cl. The van der Waals surface area contributed by atoms with Gasteiger partial charge in [0.25, 0.3) is 0 Å². The van der Waals surface area contributed by atoms with Crippen molar-refractivity contribution in [2.45, 2.75) is 18.9 Å². The van der Waals surface area contributed by atoms with E-state index in [-0.39, 0.29) is 18.3 Å². The van der Waals surface area contributed by atoms with E-state index in [4.69, 9.17) is 10.5 Å². The van der Waals surface area contributed by atoms with Crippen LogP contribution < -0.4 is 20.7 Å². The Morgan fingerprint density at radius 3 is 2.96 bits per heavy atom. The molecular formula is C17H28ClN3O2S. The Bertz CT molecular complexity index is 518. The topological polar surface area (TPSA) is 67.6 Å². The first-order valence-electron chi connectivity index (χ1n) is 8.06. The predicted molar refractivity (Wildman–Crippen MR) is 105 cm³/mol. The number of nitrogens with two attached hydrogens (primary N) is 1. The van der Waals surface area contributed by atoms with Gasteiger partial charge in [-0.05, 0) is 42.9 Å². The average molecular weight is 374 g/mol. The van der Waals surface area contributed by atoms with E-state index in [1.807, 2.05) is 24.5 Å². The Morgan fingerprint density at radius 1 is 1.50 bits per heavy atom. The van der Waals surface area contributed by atoms with Crippen LogP contribution in [0.25, 0.3) is 0 Å². The van der Waals surface area contributed by atoms with E-state index in [2.05, 4.69) is 16.3 Å². The molecule has 7 heteroatoms. The summed E-state index contributed by atoms with van der Waals surface area (Å²) in [5.74, 6) is 2.24. The zero-order valence-corrected chi connectivity index (χ0v) is 16.0. The van der Waals surface area contributed by atoms with Crippen molar-refractivity contribution < 1.29 is 9.53 Å². The van der Waals surface area contributed by atoms with Crippen LogP contribution in [0.3, 0.4) is 0 Å². The number of carbonyl (C=O) groups excluding carboxylic acids is 1. The van der Waals surface area contributed by atoms with Crippen molar-refractivity contribution in [2.75, 3.05) is 43.7 Å². The summed E-state index contributed by atoms with van der Waals surface area (Å²) in [6.07, 6.45) is 3.82. The molecular weight excluding hydrogens is 346 g/mol. The molecule has 0 aromatic heterocycles. The van der Waals surface area contributed by atoms with Gasteiger partial charge in [0.15, 0.2) is 0 Å². The zero-order valence-electron chi connectivity index (χ0n) is 14.4. The van der Waals surface area contributed by atoms with E-state index in [0.29, 0.717) is 12.5 Å². The van der Waals surface area contributed by atoms with Gasteiger partial charge in [0.2, 0.25) is 5.91 Å². The first kappa shape index (κ1) is 20.9. The van der Waals surface area contributed by atoms with Crippen molar-refractivity contribution >= 4 is 35.8 Å². The number of halogens is 1. The molecule has 0 aliphatic carbocycles. The highest BCUT2D eigenvalue weighted by atomic mass is 35.5. The number of nitrogens with one attached hydrogen (secondary N) is 1. The fourth-order valence-electron chi connectivity index (χ4n) is 2.86. The summed E-state index contributed by atoms with van der Waals surface area (Å²) in [6.45, 7) is 2.61. The summed E-state index contributed by atoms with van der Waals surface area (Å²) in [5.41, 5.74) is 7.02.